The van der Waals surface area contributed by atoms with E-state index in [1.165, 1.54) is 5.56 Å². The van der Waals surface area contributed by atoms with E-state index < -0.39 is 0 Å². The third kappa shape index (κ3) is 3.15. The molecule has 0 aliphatic heterocycles. The minimum Gasteiger partial charge on any atom is -0.297 e. The zero-order valence-electron chi connectivity index (χ0n) is 10.2. The zero-order chi connectivity index (χ0) is 12.1. The van der Waals surface area contributed by atoms with Gasteiger partial charge >= 0.3 is 0 Å². The molecule has 2 N–H and O–H groups in total. The van der Waals surface area contributed by atoms with Gasteiger partial charge in [-0.3, -0.25) is 9.94 Å². The van der Waals surface area contributed by atoms with Gasteiger partial charge in [-0.15, -0.1) is 0 Å². The summed E-state index contributed by atoms with van der Waals surface area (Å²) in [5, 5.41) is 7.14. The van der Waals surface area contributed by atoms with E-state index in [1.807, 2.05) is 44.2 Å². The van der Waals surface area contributed by atoms with Crippen LogP contribution >= 0.6 is 0 Å². The third-order valence-electron chi connectivity index (χ3n) is 2.78. The third-order valence-corrected chi connectivity index (χ3v) is 2.78. The molecular formula is C13H17N3O. The summed E-state index contributed by atoms with van der Waals surface area (Å²) in [6.07, 6.45) is 0. The number of nitrogens with zero attached hydrogens (tertiary/aromatic N) is 1. The first kappa shape index (κ1) is 11.8. The highest BCUT2D eigenvalue weighted by molar-refractivity contribution is 5.21. The first-order valence-corrected chi connectivity index (χ1v) is 5.66. The van der Waals surface area contributed by atoms with Crippen LogP contribution in [0.2, 0.25) is 0 Å². The lowest BCUT2D eigenvalue weighted by atomic mass is 10.2. The molecule has 0 spiro atoms. The van der Waals surface area contributed by atoms with Gasteiger partial charge in [-0.25, -0.2) is 0 Å². The number of benzene rings is 1. The average Bonchev–Trinajstić information content (AvgIpc) is 2.67. The lowest BCUT2D eigenvalue weighted by molar-refractivity contribution is 0.0227. The molecule has 1 aromatic heterocycles. The molecule has 0 saturated carbocycles. The Hall–Kier alpha value is -1.65. The summed E-state index contributed by atoms with van der Waals surface area (Å²) in [6.45, 7) is 5.23. The van der Waals surface area contributed by atoms with Crippen LogP contribution in [0.25, 0.3) is 0 Å². The molecule has 0 aliphatic rings. The van der Waals surface area contributed by atoms with Crippen LogP contribution in [0.1, 0.15) is 22.5 Å². The first-order chi connectivity index (χ1) is 8.27. The number of hydrogen-bond acceptors (Lipinski definition) is 3. The second kappa shape index (κ2) is 5.61. The SMILES string of the molecule is Cc1[nH]nc(CNOCc2ccccc2)c1C. The van der Waals surface area contributed by atoms with Gasteiger partial charge in [-0.1, -0.05) is 30.3 Å². The van der Waals surface area contributed by atoms with Crippen molar-refractivity contribution in [3.8, 4) is 0 Å². The van der Waals surface area contributed by atoms with Crippen LogP contribution in [0.3, 0.4) is 0 Å². The molecular weight excluding hydrogens is 214 g/mol. The highest BCUT2D eigenvalue weighted by Gasteiger charge is 2.04. The molecule has 0 bridgehead atoms. The molecule has 0 atom stereocenters. The van der Waals surface area contributed by atoms with Crippen molar-refractivity contribution in [2.75, 3.05) is 0 Å². The Morgan fingerprint density at radius 3 is 2.65 bits per heavy atom. The fraction of sp³-hybridized carbons (Fsp3) is 0.308. The Bertz CT molecular complexity index is 465. The molecule has 2 aromatic rings. The largest absolute Gasteiger partial charge is 0.297 e. The molecule has 17 heavy (non-hydrogen) atoms. The molecule has 2 rings (SSSR count). The summed E-state index contributed by atoms with van der Waals surface area (Å²) in [5.74, 6) is 0. The summed E-state index contributed by atoms with van der Waals surface area (Å²) in [6, 6.07) is 10.1. The molecule has 1 heterocycles. The topological polar surface area (TPSA) is 49.9 Å². The van der Waals surface area contributed by atoms with Crippen molar-refractivity contribution in [2.24, 2.45) is 0 Å². The molecule has 0 fully saturated rings. The van der Waals surface area contributed by atoms with Gasteiger partial charge in [0.15, 0.2) is 0 Å². The van der Waals surface area contributed by atoms with Gasteiger partial charge in [0, 0.05) is 5.69 Å². The standard InChI is InChI=1S/C13H17N3O/c1-10-11(2)15-16-13(10)8-14-17-9-12-6-4-3-5-7-12/h3-7,14H,8-9H2,1-2H3,(H,15,16). The summed E-state index contributed by atoms with van der Waals surface area (Å²) in [4.78, 5) is 5.38. The number of H-pyrrole nitrogens is 1. The molecule has 0 aliphatic carbocycles. The van der Waals surface area contributed by atoms with Gasteiger partial charge in [0.1, 0.15) is 0 Å². The minimum absolute atomic E-state index is 0.559. The summed E-state index contributed by atoms with van der Waals surface area (Å²) >= 11 is 0. The Morgan fingerprint density at radius 1 is 1.24 bits per heavy atom. The van der Waals surface area contributed by atoms with Gasteiger partial charge in [0.05, 0.1) is 18.8 Å². The van der Waals surface area contributed by atoms with Crippen molar-refractivity contribution in [1.29, 1.82) is 0 Å². The van der Waals surface area contributed by atoms with E-state index in [2.05, 4.69) is 15.7 Å². The van der Waals surface area contributed by atoms with E-state index in [-0.39, 0.29) is 0 Å². The predicted molar refractivity (Wildman–Crippen MR) is 66.1 cm³/mol. The van der Waals surface area contributed by atoms with Crippen LogP contribution in [0.15, 0.2) is 30.3 Å². The van der Waals surface area contributed by atoms with E-state index in [1.54, 1.807) is 0 Å². The number of aryl methyl sites for hydroxylation is 1. The smallest absolute Gasteiger partial charge is 0.0933 e. The van der Waals surface area contributed by atoms with Crippen LogP contribution in [0.5, 0.6) is 0 Å². The molecule has 0 radical (unpaired) electrons. The molecule has 1 aromatic carbocycles. The lowest BCUT2D eigenvalue weighted by Crippen LogP contribution is -2.14. The molecule has 0 unspecified atom stereocenters. The van der Waals surface area contributed by atoms with Crippen LogP contribution in [-0.4, -0.2) is 10.2 Å². The number of hydrogen-bond donors (Lipinski definition) is 2. The van der Waals surface area contributed by atoms with E-state index in [0.29, 0.717) is 13.2 Å². The summed E-state index contributed by atoms with van der Waals surface area (Å²) in [5.41, 5.74) is 7.35. The van der Waals surface area contributed by atoms with Crippen molar-refractivity contribution in [2.45, 2.75) is 27.0 Å². The van der Waals surface area contributed by atoms with Gasteiger partial charge in [-0.05, 0) is 25.0 Å². The Labute approximate surface area is 101 Å². The first-order valence-electron chi connectivity index (χ1n) is 5.66. The number of hydroxylamine groups is 1. The number of aromatic amines is 1. The van der Waals surface area contributed by atoms with Gasteiger partial charge in [0.2, 0.25) is 0 Å². The number of nitrogens with one attached hydrogen (secondary N) is 2. The van der Waals surface area contributed by atoms with E-state index in [0.717, 1.165) is 17.0 Å². The van der Waals surface area contributed by atoms with Crippen LogP contribution in [0, 0.1) is 13.8 Å². The van der Waals surface area contributed by atoms with Crippen molar-refractivity contribution in [1.82, 2.24) is 15.7 Å². The van der Waals surface area contributed by atoms with E-state index in [4.69, 9.17) is 4.84 Å². The van der Waals surface area contributed by atoms with Crippen LogP contribution in [0.4, 0.5) is 0 Å². The minimum atomic E-state index is 0.559. The number of rotatable bonds is 5. The van der Waals surface area contributed by atoms with Crippen molar-refractivity contribution < 1.29 is 4.84 Å². The van der Waals surface area contributed by atoms with Gasteiger partial charge in [-0.2, -0.15) is 10.6 Å². The second-order valence-corrected chi connectivity index (χ2v) is 4.02. The van der Waals surface area contributed by atoms with Crippen LogP contribution in [-0.2, 0) is 18.0 Å². The van der Waals surface area contributed by atoms with Gasteiger partial charge < -0.3 is 0 Å². The fourth-order valence-corrected chi connectivity index (χ4v) is 1.54. The maximum atomic E-state index is 5.38. The second-order valence-electron chi connectivity index (χ2n) is 4.02. The molecule has 0 saturated heterocycles. The normalized spacial score (nSPS) is 10.7. The monoisotopic (exact) mass is 231 g/mol. The highest BCUT2D eigenvalue weighted by atomic mass is 16.6. The van der Waals surface area contributed by atoms with Crippen molar-refractivity contribution >= 4 is 0 Å². The lowest BCUT2D eigenvalue weighted by Gasteiger charge is -2.04. The fourth-order valence-electron chi connectivity index (χ4n) is 1.54. The Morgan fingerprint density at radius 2 is 2.00 bits per heavy atom. The summed E-state index contributed by atoms with van der Waals surface area (Å²) < 4.78 is 0. The average molecular weight is 231 g/mol. The van der Waals surface area contributed by atoms with E-state index >= 15 is 0 Å². The predicted octanol–water partition coefficient (Wildman–Crippen LogP) is 2.25. The van der Waals surface area contributed by atoms with Gasteiger partial charge in [0.25, 0.3) is 0 Å². The maximum Gasteiger partial charge on any atom is 0.0933 e. The van der Waals surface area contributed by atoms with Crippen molar-refractivity contribution in [3.05, 3.63) is 52.8 Å². The zero-order valence-corrected chi connectivity index (χ0v) is 10.2. The van der Waals surface area contributed by atoms with Crippen molar-refractivity contribution in [3.63, 3.8) is 0 Å². The molecule has 90 valence electrons. The maximum absolute atomic E-state index is 5.38. The van der Waals surface area contributed by atoms with Crippen LogP contribution < -0.4 is 5.48 Å². The quantitative estimate of drug-likeness (QED) is 0.613. The highest BCUT2D eigenvalue weighted by Crippen LogP contribution is 2.07. The number of aromatic nitrogens is 2. The Balaban J connectivity index is 1.75. The molecule has 4 heteroatoms. The molecule has 0 amide bonds. The van der Waals surface area contributed by atoms with E-state index in [9.17, 15) is 0 Å². The molecule has 4 nitrogen and oxygen atoms in total. The summed E-state index contributed by atoms with van der Waals surface area (Å²) in [7, 11) is 0. The Kier molecular flexibility index (Phi) is 3.90.